The van der Waals surface area contributed by atoms with Crippen LogP contribution in [0.25, 0.3) is 0 Å². The minimum Gasteiger partial charge on any atom is -0.479 e. The van der Waals surface area contributed by atoms with Crippen LogP contribution in [0.1, 0.15) is 16.9 Å². The maximum absolute atomic E-state index is 13.4. The van der Waals surface area contributed by atoms with Crippen LogP contribution in [0.2, 0.25) is 5.02 Å². The first-order valence-electron chi connectivity index (χ1n) is 5.75. The molecule has 6 nitrogen and oxygen atoms in total. The smallest absolute Gasteiger partial charge is 0.338 e. The number of carboxylic acids is 1. The molecule has 1 fully saturated rings. The summed E-state index contributed by atoms with van der Waals surface area (Å²) in [5.41, 5.74) is 0.230. The van der Waals surface area contributed by atoms with Gasteiger partial charge in [0.05, 0.1) is 11.2 Å². The van der Waals surface area contributed by atoms with Crippen molar-refractivity contribution in [3.8, 4) is 0 Å². The molecule has 1 saturated heterocycles. The zero-order valence-corrected chi connectivity index (χ0v) is 11.0. The average Bonchev–Trinajstić information content (AvgIpc) is 2.95. The topological polar surface area (TPSA) is 75.4 Å². The number of aromatic nitrogens is 2. The Morgan fingerprint density at radius 2 is 2.32 bits per heavy atom. The summed E-state index contributed by atoms with van der Waals surface area (Å²) in [7, 11) is 1.59. The van der Waals surface area contributed by atoms with Crippen LogP contribution in [0.3, 0.4) is 0 Å². The van der Waals surface area contributed by atoms with Gasteiger partial charge in [0.2, 0.25) is 6.17 Å². The number of aliphatic carboxylic acids is 1. The Bertz CT molecular complexity index is 500. The molecule has 1 aromatic heterocycles. The number of carboxylic acid groups (broad SMARTS) is 1. The van der Waals surface area contributed by atoms with Crippen LogP contribution in [-0.2, 0) is 11.8 Å². The molecule has 0 aromatic carbocycles. The number of nitrogens with zero attached hydrogens (tertiary/aromatic N) is 3. The molecule has 1 N–H and O–H groups in total. The van der Waals surface area contributed by atoms with E-state index < -0.39 is 18.1 Å². The molecule has 2 unspecified atom stereocenters. The lowest BCUT2D eigenvalue weighted by atomic mass is 10.0. The zero-order chi connectivity index (χ0) is 14.2. The lowest BCUT2D eigenvalue weighted by Gasteiger charge is -2.17. The van der Waals surface area contributed by atoms with Gasteiger partial charge >= 0.3 is 5.97 Å². The van der Waals surface area contributed by atoms with Crippen LogP contribution in [0.15, 0.2) is 6.20 Å². The molecule has 8 heteroatoms. The third-order valence-electron chi connectivity index (χ3n) is 3.26. The number of carbonyl (C=O) groups is 2. The van der Waals surface area contributed by atoms with Crippen molar-refractivity contribution in [1.29, 1.82) is 0 Å². The maximum atomic E-state index is 13.4. The van der Waals surface area contributed by atoms with E-state index in [0.717, 1.165) is 0 Å². The van der Waals surface area contributed by atoms with Crippen molar-refractivity contribution >= 4 is 23.5 Å². The molecule has 1 aliphatic rings. The third-order valence-corrected chi connectivity index (χ3v) is 3.53. The second-order valence-corrected chi connectivity index (χ2v) is 4.91. The first-order chi connectivity index (χ1) is 8.91. The van der Waals surface area contributed by atoms with Gasteiger partial charge in [-0.15, -0.1) is 0 Å². The second-order valence-electron chi connectivity index (χ2n) is 4.50. The van der Waals surface area contributed by atoms with Gasteiger partial charge in [-0.05, 0) is 6.42 Å². The molecule has 19 heavy (non-hydrogen) atoms. The van der Waals surface area contributed by atoms with E-state index in [1.807, 2.05) is 0 Å². The predicted molar refractivity (Wildman–Crippen MR) is 64.8 cm³/mol. The fourth-order valence-corrected chi connectivity index (χ4v) is 2.46. The van der Waals surface area contributed by atoms with Gasteiger partial charge in [-0.25, -0.2) is 9.18 Å². The molecule has 0 saturated carbocycles. The monoisotopic (exact) mass is 289 g/mol. The molecule has 2 rings (SSSR count). The van der Waals surface area contributed by atoms with Crippen molar-refractivity contribution < 1.29 is 19.1 Å². The Morgan fingerprint density at radius 1 is 1.63 bits per heavy atom. The predicted octanol–water partition coefficient (Wildman–Crippen LogP) is 0.958. The maximum Gasteiger partial charge on any atom is 0.338 e. The van der Waals surface area contributed by atoms with Gasteiger partial charge in [-0.1, -0.05) is 11.6 Å². The molecule has 0 spiro atoms. The van der Waals surface area contributed by atoms with Gasteiger partial charge in [-0.2, -0.15) is 5.10 Å². The third kappa shape index (κ3) is 2.56. The number of likely N-dealkylation sites (tertiary alicyclic amines) is 1. The van der Waals surface area contributed by atoms with Crippen LogP contribution < -0.4 is 0 Å². The van der Waals surface area contributed by atoms with Crippen LogP contribution in [-0.4, -0.2) is 50.9 Å². The minimum atomic E-state index is -1.94. The number of carbonyl (C=O) groups excluding carboxylic acids is 1. The molecular formula is C11H13ClFN3O3. The average molecular weight is 290 g/mol. The Kier molecular flexibility index (Phi) is 3.75. The molecule has 2 heterocycles. The van der Waals surface area contributed by atoms with Crippen LogP contribution in [0, 0.1) is 5.92 Å². The summed E-state index contributed by atoms with van der Waals surface area (Å²) in [4.78, 5) is 24.2. The number of amides is 1. The Labute approximate surface area is 113 Å². The number of alkyl halides is 1. The standard InChI is InChI=1S/C11H13ClFN3O3/c1-15-9(7(12)4-14-15)10(17)16-3-2-6(5-16)8(13)11(18)19/h4,6,8H,2-3,5H2,1H3,(H,18,19). The van der Waals surface area contributed by atoms with E-state index >= 15 is 0 Å². The summed E-state index contributed by atoms with van der Waals surface area (Å²) >= 11 is 5.87. The Morgan fingerprint density at radius 3 is 2.84 bits per heavy atom. The molecule has 1 amide bonds. The minimum absolute atomic E-state index is 0.0772. The van der Waals surface area contributed by atoms with Crippen LogP contribution in [0.5, 0.6) is 0 Å². The molecule has 104 valence electrons. The second kappa shape index (κ2) is 5.16. The van der Waals surface area contributed by atoms with Crippen molar-refractivity contribution in [3.63, 3.8) is 0 Å². The van der Waals surface area contributed by atoms with E-state index in [4.69, 9.17) is 16.7 Å². The van der Waals surface area contributed by atoms with E-state index in [0.29, 0.717) is 13.0 Å². The highest BCUT2D eigenvalue weighted by Crippen LogP contribution is 2.25. The van der Waals surface area contributed by atoms with E-state index in [2.05, 4.69) is 5.10 Å². The Hall–Kier alpha value is -1.63. The number of aryl methyl sites for hydroxylation is 1. The summed E-state index contributed by atoms with van der Waals surface area (Å²) in [6, 6.07) is 0. The van der Waals surface area contributed by atoms with Gasteiger partial charge in [-0.3, -0.25) is 9.48 Å². The van der Waals surface area contributed by atoms with Crippen molar-refractivity contribution in [2.45, 2.75) is 12.6 Å². The van der Waals surface area contributed by atoms with E-state index in [9.17, 15) is 14.0 Å². The highest BCUT2D eigenvalue weighted by Gasteiger charge is 2.37. The fourth-order valence-electron chi connectivity index (χ4n) is 2.21. The van der Waals surface area contributed by atoms with Crippen molar-refractivity contribution in [2.24, 2.45) is 13.0 Å². The Balaban J connectivity index is 2.09. The summed E-state index contributed by atoms with van der Waals surface area (Å²) < 4.78 is 14.7. The number of halogens is 2. The first-order valence-corrected chi connectivity index (χ1v) is 6.13. The van der Waals surface area contributed by atoms with Gasteiger partial charge in [0.25, 0.3) is 5.91 Å². The fraction of sp³-hybridized carbons (Fsp3) is 0.545. The normalized spacial score (nSPS) is 20.6. The van der Waals surface area contributed by atoms with Crippen molar-refractivity contribution in [2.75, 3.05) is 13.1 Å². The van der Waals surface area contributed by atoms with Gasteiger partial charge in [0.15, 0.2) is 0 Å². The molecule has 1 aromatic rings. The van der Waals surface area contributed by atoms with E-state index in [1.54, 1.807) is 7.05 Å². The van der Waals surface area contributed by atoms with Crippen molar-refractivity contribution in [1.82, 2.24) is 14.7 Å². The largest absolute Gasteiger partial charge is 0.479 e. The van der Waals surface area contributed by atoms with Crippen LogP contribution in [0.4, 0.5) is 4.39 Å². The molecule has 0 aliphatic carbocycles. The summed E-state index contributed by atoms with van der Waals surface area (Å²) in [6.07, 6.45) is -0.258. The van der Waals surface area contributed by atoms with Crippen LogP contribution >= 0.6 is 11.6 Å². The summed E-state index contributed by atoms with van der Waals surface area (Å²) in [5, 5.41) is 12.7. The van der Waals surface area contributed by atoms with Crippen molar-refractivity contribution in [3.05, 3.63) is 16.9 Å². The lowest BCUT2D eigenvalue weighted by molar-refractivity contribution is -0.144. The molecule has 0 bridgehead atoms. The van der Waals surface area contributed by atoms with Gasteiger partial charge in [0, 0.05) is 26.1 Å². The molecule has 1 aliphatic heterocycles. The van der Waals surface area contributed by atoms with Gasteiger partial charge < -0.3 is 10.0 Å². The number of hydrogen-bond donors (Lipinski definition) is 1. The quantitative estimate of drug-likeness (QED) is 0.899. The zero-order valence-electron chi connectivity index (χ0n) is 10.2. The highest BCUT2D eigenvalue weighted by molar-refractivity contribution is 6.33. The summed E-state index contributed by atoms with van der Waals surface area (Å²) in [6.45, 7) is 0.395. The molecule has 0 radical (unpaired) electrons. The van der Waals surface area contributed by atoms with E-state index in [1.165, 1.54) is 15.8 Å². The summed E-state index contributed by atoms with van der Waals surface area (Å²) in [5.74, 6) is -2.52. The molecular weight excluding hydrogens is 277 g/mol. The van der Waals surface area contributed by atoms with E-state index in [-0.39, 0.29) is 23.2 Å². The number of rotatable bonds is 3. The lowest BCUT2D eigenvalue weighted by Crippen LogP contribution is -2.33. The highest BCUT2D eigenvalue weighted by atomic mass is 35.5. The first kappa shape index (κ1) is 13.8. The van der Waals surface area contributed by atoms with Gasteiger partial charge in [0.1, 0.15) is 5.69 Å². The molecule has 2 atom stereocenters. The SMILES string of the molecule is Cn1ncc(Cl)c1C(=O)N1CCC(C(F)C(=O)O)C1. The number of hydrogen-bond acceptors (Lipinski definition) is 3.